The smallest absolute Gasteiger partial charge is 0.359 e. The molecule has 1 heterocycles. The van der Waals surface area contributed by atoms with Gasteiger partial charge in [0.2, 0.25) is 0 Å². The van der Waals surface area contributed by atoms with E-state index in [0.29, 0.717) is 16.5 Å². The van der Waals surface area contributed by atoms with Gasteiger partial charge in [0.05, 0.1) is 11.9 Å². The first-order chi connectivity index (χ1) is 17.1. The standard InChI is InChI=1S/C28H21N3O4/c32-25(29-22-15-14-20-10-4-5-11-21(20)16-22)18-35-28(34)26-23-12-6-7-13-24(23)27(33)31(30-26)17-19-8-2-1-3-9-19/h1-16H,17-18H2,(H,29,32). The second-order valence-corrected chi connectivity index (χ2v) is 8.03. The molecule has 5 aromatic rings. The summed E-state index contributed by atoms with van der Waals surface area (Å²) in [6.45, 7) is -0.285. The van der Waals surface area contributed by atoms with Crippen molar-refractivity contribution in [2.45, 2.75) is 6.54 Å². The van der Waals surface area contributed by atoms with Gasteiger partial charge in [0.25, 0.3) is 11.5 Å². The Morgan fingerprint density at radius 3 is 2.29 bits per heavy atom. The summed E-state index contributed by atoms with van der Waals surface area (Å²) in [6, 6.07) is 29.4. The number of carbonyl (C=O) groups is 2. The Morgan fingerprint density at radius 1 is 0.800 bits per heavy atom. The Balaban J connectivity index is 1.35. The summed E-state index contributed by atoms with van der Waals surface area (Å²) in [4.78, 5) is 38.3. The fraction of sp³-hybridized carbons (Fsp3) is 0.0714. The number of hydrogen-bond donors (Lipinski definition) is 1. The second-order valence-electron chi connectivity index (χ2n) is 8.03. The summed E-state index contributed by atoms with van der Waals surface area (Å²) < 4.78 is 6.51. The van der Waals surface area contributed by atoms with E-state index in [-0.39, 0.29) is 17.8 Å². The molecule has 0 bridgehead atoms. The molecule has 0 atom stereocenters. The summed E-state index contributed by atoms with van der Waals surface area (Å²) in [5, 5.41) is 9.80. The highest BCUT2D eigenvalue weighted by atomic mass is 16.5. The Hall–Kier alpha value is -4.78. The number of ether oxygens (including phenoxy) is 1. The van der Waals surface area contributed by atoms with Crippen LogP contribution in [0.4, 0.5) is 5.69 Å². The molecule has 7 heteroatoms. The van der Waals surface area contributed by atoms with Crippen molar-refractivity contribution >= 4 is 39.1 Å². The zero-order valence-corrected chi connectivity index (χ0v) is 18.7. The predicted octanol–water partition coefficient (Wildman–Crippen LogP) is 4.39. The molecular weight excluding hydrogens is 442 g/mol. The van der Waals surface area contributed by atoms with Crippen LogP contribution in [0.2, 0.25) is 0 Å². The Kier molecular flexibility index (Phi) is 6.05. The van der Waals surface area contributed by atoms with Crippen LogP contribution in [0.3, 0.4) is 0 Å². The Labute approximate surface area is 200 Å². The zero-order chi connectivity index (χ0) is 24.2. The first-order valence-electron chi connectivity index (χ1n) is 11.1. The third kappa shape index (κ3) is 4.79. The maximum absolute atomic E-state index is 13.0. The fourth-order valence-corrected chi connectivity index (χ4v) is 3.91. The summed E-state index contributed by atoms with van der Waals surface area (Å²) >= 11 is 0. The molecule has 5 rings (SSSR count). The Bertz CT molecular complexity index is 1610. The lowest BCUT2D eigenvalue weighted by Gasteiger charge is -2.11. The lowest BCUT2D eigenvalue weighted by atomic mass is 10.1. The van der Waals surface area contributed by atoms with Crippen molar-refractivity contribution in [2.75, 3.05) is 11.9 Å². The number of amides is 1. The number of benzene rings is 4. The van der Waals surface area contributed by atoms with E-state index in [0.717, 1.165) is 16.3 Å². The summed E-state index contributed by atoms with van der Waals surface area (Å²) in [5.41, 5.74) is 1.14. The molecule has 35 heavy (non-hydrogen) atoms. The third-order valence-corrected chi connectivity index (χ3v) is 5.60. The van der Waals surface area contributed by atoms with Crippen LogP contribution in [0.5, 0.6) is 0 Å². The molecule has 0 aliphatic carbocycles. The maximum atomic E-state index is 13.0. The number of rotatable bonds is 6. The van der Waals surface area contributed by atoms with Crippen molar-refractivity contribution in [1.29, 1.82) is 0 Å². The molecule has 0 fully saturated rings. The molecule has 0 saturated carbocycles. The van der Waals surface area contributed by atoms with Gasteiger partial charge in [0.15, 0.2) is 12.3 Å². The van der Waals surface area contributed by atoms with Crippen molar-refractivity contribution in [3.8, 4) is 0 Å². The van der Waals surface area contributed by atoms with Crippen LogP contribution >= 0.6 is 0 Å². The van der Waals surface area contributed by atoms with E-state index in [1.54, 1.807) is 30.3 Å². The second kappa shape index (κ2) is 9.61. The number of nitrogens with zero attached hydrogens (tertiary/aromatic N) is 2. The minimum absolute atomic E-state index is 0.0189. The minimum atomic E-state index is -0.781. The normalized spacial score (nSPS) is 10.9. The molecule has 0 radical (unpaired) electrons. The van der Waals surface area contributed by atoms with Crippen molar-refractivity contribution in [3.63, 3.8) is 0 Å². The van der Waals surface area contributed by atoms with Crippen LogP contribution in [-0.2, 0) is 16.1 Å². The van der Waals surface area contributed by atoms with Crippen LogP contribution < -0.4 is 10.9 Å². The number of carbonyl (C=O) groups excluding carboxylic acids is 2. The zero-order valence-electron chi connectivity index (χ0n) is 18.7. The molecular formula is C28H21N3O4. The van der Waals surface area contributed by atoms with E-state index in [1.165, 1.54) is 4.68 Å². The van der Waals surface area contributed by atoms with Crippen LogP contribution in [0.15, 0.2) is 102 Å². The molecule has 1 amide bonds. The quantitative estimate of drug-likeness (QED) is 0.377. The number of esters is 1. The topological polar surface area (TPSA) is 90.3 Å². The van der Waals surface area contributed by atoms with E-state index in [2.05, 4.69) is 10.4 Å². The van der Waals surface area contributed by atoms with Crippen molar-refractivity contribution in [1.82, 2.24) is 9.78 Å². The van der Waals surface area contributed by atoms with E-state index in [1.807, 2.05) is 66.7 Å². The SMILES string of the molecule is O=C(COC(=O)c1nn(Cc2ccccc2)c(=O)c2ccccc12)Nc1ccc2ccccc2c1. The van der Waals surface area contributed by atoms with E-state index in [4.69, 9.17) is 4.74 Å². The monoisotopic (exact) mass is 463 g/mol. The average molecular weight is 463 g/mol. The molecule has 0 aliphatic heterocycles. The summed E-state index contributed by atoms with van der Waals surface area (Å²) in [5.74, 6) is -1.26. The van der Waals surface area contributed by atoms with E-state index in [9.17, 15) is 14.4 Å². The van der Waals surface area contributed by atoms with Crippen LogP contribution in [0, 0.1) is 0 Å². The van der Waals surface area contributed by atoms with Gasteiger partial charge in [0, 0.05) is 11.1 Å². The number of fused-ring (bicyclic) bond motifs is 2. The van der Waals surface area contributed by atoms with Gasteiger partial charge in [-0.05, 0) is 34.5 Å². The lowest BCUT2D eigenvalue weighted by molar-refractivity contribution is -0.119. The van der Waals surface area contributed by atoms with Gasteiger partial charge in [-0.3, -0.25) is 9.59 Å². The van der Waals surface area contributed by atoms with Gasteiger partial charge in [-0.15, -0.1) is 0 Å². The van der Waals surface area contributed by atoms with Crippen molar-refractivity contribution in [3.05, 3.63) is 119 Å². The van der Waals surface area contributed by atoms with Gasteiger partial charge < -0.3 is 10.1 Å². The number of nitrogens with one attached hydrogen (secondary N) is 1. The highest BCUT2D eigenvalue weighted by molar-refractivity contribution is 6.03. The summed E-state index contributed by atoms with van der Waals surface area (Å²) in [7, 11) is 0. The van der Waals surface area contributed by atoms with E-state index >= 15 is 0 Å². The van der Waals surface area contributed by atoms with Crippen molar-refractivity contribution < 1.29 is 14.3 Å². The summed E-state index contributed by atoms with van der Waals surface area (Å²) in [6.07, 6.45) is 0. The van der Waals surface area contributed by atoms with Gasteiger partial charge in [-0.2, -0.15) is 5.10 Å². The first-order valence-corrected chi connectivity index (χ1v) is 11.1. The third-order valence-electron chi connectivity index (χ3n) is 5.60. The molecule has 4 aromatic carbocycles. The van der Waals surface area contributed by atoms with Gasteiger partial charge in [-0.1, -0.05) is 78.9 Å². The maximum Gasteiger partial charge on any atom is 0.359 e. The lowest BCUT2D eigenvalue weighted by Crippen LogP contribution is -2.28. The van der Waals surface area contributed by atoms with Gasteiger partial charge >= 0.3 is 5.97 Å². The number of aromatic nitrogens is 2. The van der Waals surface area contributed by atoms with Crippen LogP contribution in [0.1, 0.15) is 16.1 Å². The van der Waals surface area contributed by atoms with Gasteiger partial charge in [0.1, 0.15) is 0 Å². The first kappa shape index (κ1) is 22.0. The average Bonchev–Trinajstić information content (AvgIpc) is 2.89. The molecule has 172 valence electrons. The van der Waals surface area contributed by atoms with Crippen molar-refractivity contribution in [2.24, 2.45) is 0 Å². The molecule has 1 N–H and O–H groups in total. The molecule has 0 aliphatic rings. The molecule has 0 spiro atoms. The highest BCUT2D eigenvalue weighted by Crippen LogP contribution is 2.19. The Morgan fingerprint density at radius 2 is 1.49 bits per heavy atom. The largest absolute Gasteiger partial charge is 0.451 e. The molecule has 0 unspecified atom stereocenters. The number of hydrogen-bond acceptors (Lipinski definition) is 5. The van der Waals surface area contributed by atoms with Crippen LogP contribution in [0.25, 0.3) is 21.5 Å². The molecule has 0 saturated heterocycles. The predicted molar refractivity (Wildman–Crippen MR) is 134 cm³/mol. The van der Waals surface area contributed by atoms with E-state index < -0.39 is 18.5 Å². The minimum Gasteiger partial charge on any atom is -0.451 e. The highest BCUT2D eigenvalue weighted by Gasteiger charge is 2.19. The number of anilines is 1. The molecule has 7 nitrogen and oxygen atoms in total. The fourth-order valence-electron chi connectivity index (χ4n) is 3.91. The molecule has 1 aromatic heterocycles. The van der Waals surface area contributed by atoms with Crippen LogP contribution in [-0.4, -0.2) is 28.3 Å². The van der Waals surface area contributed by atoms with Gasteiger partial charge in [-0.25, -0.2) is 9.48 Å².